The van der Waals surface area contributed by atoms with E-state index in [2.05, 4.69) is 26.6 Å². The summed E-state index contributed by atoms with van der Waals surface area (Å²) >= 11 is 14.4. The standard InChI is InChI=1S/C15H11BrClN3O3S/c1-8-2-3-9(6-13(8)20(22)23)14(21)19-15(24)18-12-5-4-10(16)7-11(12)17/h2-7H,1H3,(H2,18,19,21,24). The Balaban J connectivity index is 2.10. The van der Waals surface area contributed by atoms with Crippen LogP contribution in [0.1, 0.15) is 15.9 Å². The van der Waals surface area contributed by atoms with Gasteiger partial charge in [0.25, 0.3) is 11.6 Å². The normalized spacial score (nSPS) is 10.1. The number of rotatable bonds is 3. The van der Waals surface area contributed by atoms with E-state index < -0.39 is 10.8 Å². The van der Waals surface area contributed by atoms with Crippen LogP contribution in [0.3, 0.4) is 0 Å². The largest absolute Gasteiger partial charge is 0.331 e. The van der Waals surface area contributed by atoms with Gasteiger partial charge in [-0.1, -0.05) is 33.6 Å². The monoisotopic (exact) mass is 427 g/mol. The Morgan fingerprint density at radius 1 is 1.29 bits per heavy atom. The summed E-state index contributed by atoms with van der Waals surface area (Å²) in [6.07, 6.45) is 0. The first-order valence-corrected chi connectivity index (χ1v) is 8.18. The number of nitrogens with one attached hydrogen (secondary N) is 2. The zero-order valence-electron chi connectivity index (χ0n) is 12.3. The molecule has 1 amide bonds. The Bertz CT molecular complexity index is 845. The molecule has 0 bridgehead atoms. The summed E-state index contributed by atoms with van der Waals surface area (Å²) in [6, 6.07) is 9.35. The summed E-state index contributed by atoms with van der Waals surface area (Å²) < 4.78 is 0.806. The number of hydrogen-bond donors (Lipinski definition) is 2. The van der Waals surface area contributed by atoms with Gasteiger partial charge in [-0.05, 0) is 43.4 Å². The van der Waals surface area contributed by atoms with Gasteiger partial charge < -0.3 is 5.32 Å². The smallest absolute Gasteiger partial charge is 0.273 e. The molecule has 2 aromatic rings. The molecule has 2 rings (SSSR count). The topological polar surface area (TPSA) is 84.3 Å². The number of amides is 1. The van der Waals surface area contributed by atoms with Crippen LogP contribution >= 0.6 is 39.7 Å². The number of thiocarbonyl (C=S) groups is 1. The highest BCUT2D eigenvalue weighted by molar-refractivity contribution is 9.10. The van der Waals surface area contributed by atoms with Gasteiger partial charge >= 0.3 is 0 Å². The minimum Gasteiger partial charge on any atom is -0.331 e. The van der Waals surface area contributed by atoms with Crippen molar-refractivity contribution in [2.45, 2.75) is 6.92 Å². The average Bonchev–Trinajstić information content (AvgIpc) is 2.50. The van der Waals surface area contributed by atoms with Gasteiger partial charge in [0.2, 0.25) is 0 Å². The first-order chi connectivity index (χ1) is 11.3. The number of hydrogen-bond acceptors (Lipinski definition) is 4. The molecule has 0 radical (unpaired) electrons. The van der Waals surface area contributed by atoms with Crippen LogP contribution in [0.2, 0.25) is 5.02 Å². The van der Waals surface area contributed by atoms with Crippen molar-refractivity contribution in [2.75, 3.05) is 5.32 Å². The van der Waals surface area contributed by atoms with E-state index in [4.69, 9.17) is 23.8 Å². The van der Waals surface area contributed by atoms with Crippen LogP contribution in [0.5, 0.6) is 0 Å². The van der Waals surface area contributed by atoms with Crippen molar-refractivity contribution >= 4 is 62.1 Å². The Morgan fingerprint density at radius 3 is 2.62 bits per heavy atom. The minimum absolute atomic E-state index is 0.0347. The molecule has 0 heterocycles. The molecule has 0 saturated heterocycles. The van der Waals surface area contributed by atoms with Crippen LogP contribution in [0.15, 0.2) is 40.9 Å². The second-order valence-corrected chi connectivity index (χ2v) is 6.52. The molecule has 0 aliphatic carbocycles. The van der Waals surface area contributed by atoms with Crippen molar-refractivity contribution < 1.29 is 9.72 Å². The first-order valence-electron chi connectivity index (χ1n) is 6.60. The lowest BCUT2D eigenvalue weighted by Gasteiger charge is -2.11. The number of nitrogens with zero attached hydrogens (tertiary/aromatic N) is 1. The molecule has 0 aliphatic heterocycles. The molecule has 124 valence electrons. The van der Waals surface area contributed by atoms with Crippen molar-refractivity contribution in [1.82, 2.24) is 5.32 Å². The number of halogens is 2. The van der Waals surface area contributed by atoms with E-state index in [9.17, 15) is 14.9 Å². The van der Waals surface area contributed by atoms with E-state index in [1.165, 1.54) is 18.2 Å². The van der Waals surface area contributed by atoms with Crippen molar-refractivity contribution in [2.24, 2.45) is 0 Å². The number of nitro benzene ring substituents is 1. The molecule has 24 heavy (non-hydrogen) atoms. The van der Waals surface area contributed by atoms with Crippen LogP contribution < -0.4 is 10.6 Å². The Hall–Kier alpha value is -2.03. The number of anilines is 1. The van der Waals surface area contributed by atoms with Crippen molar-refractivity contribution in [3.63, 3.8) is 0 Å². The van der Waals surface area contributed by atoms with Gasteiger partial charge in [-0.2, -0.15) is 0 Å². The van der Waals surface area contributed by atoms with Gasteiger partial charge in [0, 0.05) is 21.7 Å². The summed E-state index contributed by atoms with van der Waals surface area (Å²) in [4.78, 5) is 22.6. The highest BCUT2D eigenvalue weighted by Crippen LogP contribution is 2.25. The summed E-state index contributed by atoms with van der Waals surface area (Å²) in [6.45, 7) is 1.60. The third-order valence-electron chi connectivity index (χ3n) is 3.07. The fraction of sp³-hybridized carbons (Fsp3) is 0.0667. The number of nitro groups is 1. The lowest BCUT2D eigenvalue weighted by Crippen LogP contribution is -2.34. The fourth-order valence-electron chi connectivity index (χ4n) is 1.87. The molecule has 6 nitrogen and oxygen atoms in total. The van der Waals surface area contributed by atoms with Gasteiger partial charge in [-0.3, -0.25) is 20.2 Å². The molecule has 0 unspecified atom stereocenters. The van der Waals surface area contributed by atoms with E-state index in [-0.39, 0.29) is 16.4 Å². The first kappa shape index (κ1) is 18.3. The molecule has 0 aromatic heterocycles. The second kappa shape index (κ2) is 7.69. The summed E-state index contributed by atoms with van der Waals surface area (Å²) in [5, 5.41) is 16.7. The van der Waals surface area contributed by atoms with Crippen LogP contribution in [-0.4, -0.2) is 15.9 Å². The molecule has 9 heteroatoms. The Labute approximate surface area is 156 Å². The molecular weight excluding hydrogens is 418 g/mol. The van der Waals surface area contributed by atoms with Crippen LogP contribution in [-0.2, 0) is 0 Å². The molecular formula is C15H11BrClN3O3S. The summed E-state index contributed by atoms with van der Waals surface area (Å²) in [5.74, 6) is -0.552. The Kier molecular flexibility index (Phi) is 5.87. The summed E-state index contributed by atoms with van der Waals surface area (Å²) in [5.41, 5.74) is 1.01. The maximum absolute atomic E-state index is 12.2. The predicted octanol–water partition coefficient (Wildman–Crippen LogP) is 4.45. The molecule has 0 saturated carbocycles. The van der Waals surface area contributed by atoms with Gasteiger partial charge in [0.1, 0.15) is 0 Å². The van der Waals surface area contributed by atoms with Crippen molar-refractivity contribution in [3.8, 4) is 0 Å². The molecule has 0 fully saturated rings. The number of carbonyl (C=O) groups is 1. The summed E-state index contributed by atoms with van der Waals surface area (Å²) in [7, 11) is 0. The van der Waals surface area contributed by atoms with Crippen molar-refractivity contribution in [1.29, 1.82) is 0 Å². The number of aryl methyl sites for hydroxylation is 1. The minimum atomic E-state index is -0.552. The molecule has 0 spiro atoms. The zero-order valence-corrected chi connectivity index (χ0v) is 15.5. The van der Waals surface area contributed by atoms with E-state index in [1.54, 1.807) is 25.1 Å². The zero-order chi connectivity index (χ0) is 17.9. The lowest BCUT2D eigenvalue weighted by atomic mass is 10.1. The average molecular weight is 429 g/mol. The van der Waals surface area contributed by atoms with E-state index in [0.717, 1.165) is 4.47 Å². The third kappa shape index (κ3) is 4.50. The lowest BCUT2D eigenvalue weighted by molar-refractivity contribution is -0.385. The number of benzene rings is 2. The fourth-order valence-corrected chi connectivity index (χ4v) is 2.79. The van der Waals surface area contributed by atoms with E-state index >= 15 is 0 Å². The Morgan fingerprint density at radius 2 is 2.00 bits per heavy atom. The maximum atomic E-state index is 12.2. The number of carbonyl (C=O) groups excluding carboxylic acids is 1. The third-order valence-corrected chi connectivity index (χ3v) is 4.08. The van der Waals surface area contributed by atoms with Crippen LogP contribution in [0.4, 0.5) is 11.4 Å². The highest BCUT2D eigenvalue weighted by atomic mass is 79.9. The second-order valence-electron chi connectivity index (χ2n) is 4.79. The van der Waals surface area contributed by atoms with Crippen LogP contribution in [0, 0.1) is 17.0 Å². The molecule has 2 N–H and O–H groups in total. The molecule has 0 atom stereocenters. The van der Waals surface area contributed by atoms with Gasteiger partial charge in [-0.25, -0.2) is 0 Å². The predicted molar refractivity (Wildman–Crippen MR) is 101 cm³/mol. The van der Waals surface area contributed by atoms with E-state index in [0.29, 0.717) is 16.3 Å². The molecule has 2 aromatic carbocycles. The van der Waals surface area contributed by atoms with Gasteiger partial charge in [0.05, 0.1) is 15.6 Å². The molecule has 0 aliphatic rings. The quantitative estimate of drug-likeness (QED) is 0.429. The highest BCUT2D eigenvalue weighted by Gasteiger charge is 2.16. The van der Waals surface area contributed by atoms with Crippen molar-refractivity contribution in [3.05, 3.63) is 67.1 Å². The van der Waals surface area contributed by atoms with E-state index in [1.807, 2.05) is 0 Å². The van der Waals surface area contributed by atoms with Crippen LogP contribution in [0.25, 0.3) is 0 Å². The van der Waals surface area contributed by atoms with Gasteiger partial charge in [-0.15, -0.1) is 0 Å². The van der Waals surface area contributed by atoms with Gasteiger partial charge in [0.15, 0.2) is 5.11 Å². The SMILES string of the molecule is Cc1ccc(C(=O)NC(=S)Nc2ccc(Br)cc2Cl)cc1[N+](=O)[O-]. The maximum Gasteiger partial charge on any atom is 0.273 e.